The van der Waals surface area contributed by atoms with Crippen molar-refractivity contribution in [3.8, 4) is 11.3 Å². The summed E-state index contributed by atoms with van der Waals surface area (Å²) in [6, 6.07) is 29.0. The molecular weight excluding hydrogens is 318 g/mol. The van der Waals surface area contributed by atoms with E-state index < -0.39 is 0 Å². The zero-order chi connectivity index (χ0) is 17.8. The summed E-state index contributed by atoms with van der Waals surface area (Å²) in [5.41, 5.74) is 4.45. The topological polar surface area (TPSA) is 25.5 Å². The van der Waals surface area contributed by atoms with E-state index in [1.54, 1.807) is 0 Å². The van der Waals surface area contributed by atoms with Crippen molar-refractivity contribution in [1.82, 2.24) is 0 Å². The highest BCUT2D eigenvalue weighted by Crippen LogP contribution is 2.22. The maximum atomic E-state index is 6.15. The fraction of sp³-hybridized carbons (Fsp3) is 0.125. The van der Waals surface area contributed by atoms with Crippen LogP contribution in [-0.4, -0.2) is 6.54 Å². The summed E-state index contributed by atoms with van der Waals surface area (Å²) in [6.45, 7) is 2.85. The second kappa shape index (κ2) is 7.40. The molecule has 0 N–H and O–H groups in total. The van der Waals surface area contributed by atoms with Gasteiger partial charge in [-0.2, -0.15) is 0 Å². The molecular formula is C24H21NO. The minimum atomic E-state index is 0.755. The molecule has 0 aliphatic rings. The van der Waals surface area contributed by atoms with E-state index in [1.165, 1.54) is 11.1 Å². The number of hydrogen-bond donors (Lipinski definition) is 0. The second-order valence-corrected chi connectivity index (χ2v) is 6.48. The molecule has 1 heterocycles. The average Bonchev–Trinajstić information content (AvgIpc) is 2.69. The molecule has 0 aliphatic heterocycles. The van der Waals surface area contributed by atoms with E-state index in [-0.39, 0.29) is 0 Å². The molecule has 128 valence electrons. The molecule has 0 saturated heterocycles. The molecule has 2 nitrogen and oxygen atoms in total. The van der Waals surface area contributed by atoms with Gasteiger partial charge >= 0.3 is 0 Å². The lowest BCUT2D eigenvalue weighted by atomic mass is 10.1. The van der Waals surface area contributed by atoms with Gasteiger partial charge in [-0.3, -0.25) is 4.99 Å². The monoisotopic (exact) mass is 339 g/mol. The Hall–Kier alpha value is -3.13. The molecule has 3 aromatic carbocycles. The number of fused-ring (bicyclic) bond motifs is 1. The van der Waals surface area contributed by atoms with Crippen LogP contribution in [0, 0.1) is 6.92 Å². The van der Waals surface area contributed by atoms with Crippen LogP contribution in [0.15, 0.2) is 94.3 Å². The quantitative estimate of drug-likeness (QED) is 0.478. The molecule has 0 spiro atoms. The van der Waals surface area contributed by atoms with Crippen LogP contribution in [0.25, 0.3) is 22.3 Å². The van der Waals surface area contributed by atoms with E-state index in [0.717, 1.165) is 40.6 Å². The van der Waals surface area contributed by atoms with E-state index in [9.17, 15) is 0 Å². The van der Waals surface area contributed by atoms with E-state index in [1.807, 2.05) is 30.3 Å². The van der Waals surface area contributed by atoms with Crippen molar-refractivity contribution in [1.29, 1.82) is 0 Å². The van der Waals surface area contributed by atoms with Gasteiger partial charge in [0.2, 0.25) is 0 Å². The van der Waals surface area contributed by atoms with E-state index in [0.29, 0.717) is 0 Å². The number of nitrogens with zero attached hydrogens (tertiary/aromatic N) is 1. The van der Waals surface area contributed by atoms with Crippen LogP contribution in [0.3, 0.4) is 0 Å². The Morgan fingerprint density at radius 1 is 0.808 bits per heavy atom. The summed E-state index contributed by atoms with van der Waals surface area (Å²) in [6.07, 6.45) is 0.931. The molecule has 4 aromatic rings. The van der Waals surface area contributed by atoms with E-state index in [2.05, 4.69) is 61.5 Å². The van der Waals surface area contributed by atoms with Crippen molar-refractivity contribution in [2.45, 2.75) is 13.3 Å². The van der Waals surface area contributed by atoms with Crippen LogP contribution in [0.1, 0.15) is 11.1 Å². The SMILES string of the molecule is Cc1ccc2oc(-c3ccccc3)cc(=NCCc3ccccc3)c2c1. The Morgan fingerprint density at radius 2 is 1.54 bits per heavy atom. The lowest BCUT2D eigenvalue weighted by Gasteiger charge is -2.06. The highest BCUT2D eigenvalue weighted by atomic mass is 16.3. The van der Waals surface area contributed by atoms with Gasteiger partial charge in [-0.25, -0.2) is 0 Å². The van der Waals surface area contributed by atoms with Crippen LogP contribution in [-0.2, 0) is 6.42 Å². The van der Waals surface area contributed by atoms with Crippen molar-refractivity contribution in [3.63, 3.8) is 0 Å². The van der Waals surface area contributed by atoms with Gasteiger partial charge < -0.3 is 4.42 Å². The van der Waals surface area contributed by atoms with Crippen molar-refractivity contribution < 1.29 is 4.42 Å². The summed E-state index contributed by atoms with van der Waals surface area (Å²) in [5.74, 6) is 0.848. The first-order valence-corrected chi connectivity index (χ1v) is 8.94. The molecule has 0 unspecified atom stereocenters. The summed E-state index contributed by atoms with van der Waals surface area (Å²) in [4.78, 5) is 4.90. The largest absolute Gasteiger partial charge is 0.456 e. The maximum Gasteiger partial charge on any atom is 0.136 e. The highest BCUT2D eigenvalue weighted by molar-refractivity contribution is 5.79. The molecule has 0 atom stereocenters. The Labute approximate surface area is 153 Å². The molecule has 26 heavy (non-hydrogen) atoms. The predicted molar refractivity (Wildman–Crippen MR) is 107 cm³/mol. The van der Waals surface area contributed by atoms with E-state index >= 15 is 0 Å². The number of rotatable bonds is 4. The Bertz CT molecular complexity index is 1080. The van der Waals surface area contributed by atoms with Gasteiger partial charge in [0.25, 0.3) is 0 Å². The molecule has 4 rings (SSSR count). The van der Waals surface area contributed by atoms with Gasteiger partial charge in [0.15, 0.2) is 0 Å². The standard InChI is InChI=1S/C24H21NO/c1-18-12-13-23-21(16-18)22(25-15-14-19-8-4-2-5-9-19)17-24(26-23)20-10-6-3-7-11-20/h2-13,16-17H,14-15H2,1H3. The molecule has 0 radical (unpaired) electrons. The number of aryl methyl sites for hydroxylation is 1. The van der Waals surface area contributed by atoms with Crippen molar-refractivity contribution in [3.05, 3.63) is 101 Å². The number of benzene rings is 3. The normalized spacial score (nSPS) is 11.8. The van der Waals surface area contributed by atoms with Crippen LogP contribution in [0.2, 0.25) is 0 Å². The minimum absolute atomic E-state index is 0.755. The Morgan fingerprint density at radius 3 is 2.31 bits per heavy atom. The number of hydrogen-bond acceptors (Lipinski definition) is 2. The first-order valence-electron chi connectivity index (χ1n) is 8.94. The molecule has 1 aromatic heterocycles. The smallest absolute Gasteiger partial charge is 0.136 e. The van der Waals surface area contributed by atoms with Crippen molar-refractivity contribution in [2.24, 2.45) is 4.99 Å². The van der Waals surface area contributed by atoms with E-state index in [4.69, 9.17) is 9.41 Å². The molecule has 0 saturated carbocycles. The zero-order valence-corrected chi connectivity index (χ0v) is 14.9. The minimum Gasteiger partial charge on any atom is -0.456 e. The van der Waals surface area contributed by atoms with Crippen LogP contribution < -0.4 is 5.36 Å². The van der Waals surface area contributed by atoms with Gasteiger partial charge in [0.05, 0.1) is 5.36 Å². The second-order valence-electron chi connectivity index (χ2n) is 6.48. The molecule has 0 bridgehead atoms. The van der Waals surface area contributed by atoms with Gasteiger partial charge in [0.1, 0.15) is 11.3 Å². The lowest BCUT2D eigenvalue weighted by molar-refractivity contribution is 0.618. The Balaban J connectivity index is 1.78. The third-order valence-corrected chi connectivity index (χ3v) is 4.48. The van der Waals surface area contributed by atoms with Crippen molar-refractivity contribution in [2.75, 3.05) is 6.54 Å². The Kier molecular flexibility index (Phi) is 4.65. The first-order chi connectivity index (χ1) is 12.8. The highest BCUT2D eigenvalue weighted by Gasteiger charge is 2.06. The molecule has 0 fully saturated rings. The average molecular weight is 339 g/mol. The molecule has 2 heteroatoms. The first kappa shape index (κ1) is 16.3. The van der Waals surface area contributed by atoms with Gasteiger partial charge in [-0.15, -0.1) is 0 Å². The van der Waals surface area contributed by atoms with Crippen LogP contribution >= 0.6 is 0 Å². The lowest BCUT2D eigenvalue weighted by Crippen LogP contribution is -2.06. The van der Waals surface area contributed by atoms with Gasteiger partial charge in [-0.1, -0.05) is 72.3 Å². The van der Waals surface area contributed by atoms with Gasteiger partial charge in [-0.05, 0) is 31.0 Å². The third kappa shape index (κ3) is 3.60. The van der Waals surface area contributed by atoms with Crippen molar-refractivity contribution >= 4 is 11.0 Å². The molecule has 0 amide bonds. The fourth-order valence-corrected chi connectivity index (χ4v) is 3.11. The van der Waals surface area contributed by atoms with Crippen LogP contribution in [0.5, 0.6) is 0 Å². The fourth-order valence-electron chi connectivity index (χ4n) is 3.11. The predicted octanol–water partition coefficient (Wildman–Crippen LogP) is 5.55. The van der Waals surface area contributed by atoms with Crippen LogP contribution in [0.4, 0.5) is 0 Å². The third-order valence-electron chi connectivity index (χ3n) is 4.48. The summed E-state index contributed by atoms with van der Waals surface area (Å²) >= 11 is 0. The zero-order valence-electron chi connectivity index (χ0n) is 14.9. The molecule has 0 aliphatic carbocycles. The summed E-state index contributed by atoms with van der Waals surface area (Å²) in [7, 11) is 0. The summed E-state index contributed by atoms with van der Waals surface area (Å²) < 4.78 is 6.15. The summed E-state index contributed by atoms with van der Waals surface area (Å²) in [5, 5.41) is 2.06. The van der Waals surface area contributed by atoms with Gasteiger partial charge in [0, 0.05) is 23.6 Å². The maximum absolute atomic E-state index is 6.15.